The molecule has 1 amide bonds. The summed E-state index contributed by atoms with van der Waals surface area (Å²) in [7, 11) is 1.43. The largest absolute Gasteiger partial charge is 0.478 e. The SMILES string of the molecule is CNC(=O)c1c(Br)c(Br)c(Br)c(Br)c1C(=O)O. The fourth-order valence-electron chi connectivity index (χ4n) is 1.17. The van der Waals surface area contributed by atoms with E-state index in [2.05, 4.69) is 69.0 Å². The molecule has 0 heterocycles. The second-order valence-electron chi connectivity index (χ2n) is 2.89. The van der Waals surface area contributed by atoms with Crippen molar-refractivity contribution in [3.63, 3.8) is 0 Å². The number of carbonyl (C=O) groups is 2. The second kappa shape index (κ2) is 5.81. The molecule has 17 heavy (non-hydrogen) atoms. The third-order valence-electron chi connectivity index (χ3n) is 1.94. The van der Waals surface area contributed by atoms with Crippen molar-refractivity contribution in [3.05, 3.63) is 29.0 Å². The summed E-state index contributed by atoms with van der Waals surface area (Å²) in [4.78, 5) is 22.9. The Balaban J connectivity index is 3.78. The molecule has 0 atom stereocenters. The Labute approximate surface area is 131 Å². The van der Waals surface area contributed by atoms with Crippen LogP contribution in [0.15, 0.2) is 17.9 Å². The molecule has 0 fully saturated rings. The van der Waals surface area contributed by atoms with Crippen molar-refractivity contribution in [1.82, 2.24) is 5.32 Å². The van der Waals surface area contributed by atoms with Crippen LogP contribution in [0, 0.1) is 0 Å². The molecule has 1 aromatic carbocycles. The smallest absolute Gasteiger partial charge is 0.337 e. The summed E-state index contributed by atoms with van der Waals surface area (Å²) in [5, 5.41) is 11.6. The highest BCUT2D eigenvalue weighted by Crippen LogP contribution is 2.42. The average Bonchev–Trinajstić information content (AvgIpc) is 2.29. The van der Waals surface area contributed by atoms with E-state index in [0.29, 0.717) is 17.9 Å². The first-order chi connectivity index (χ1) is 7.82. The Morgan fingerprint density at radius 2 is 1.35 bits per heavy atom. The highest BCUT2D eigenvalue weighted by Gasteiger charge is 2.27. The van der Waals surface area contributed by atoms with Crippen molar-refractivity contribution in [2.24, 2.45) is 0 Å². The van der Waals surface area contributed by atoms with Crippen LogP contribution in [-0.2, 0) is 0 Å². The Bertz CT molecular complexity index is 516. The lowest BCUT2D eigenvalue weighted by Gasteiger charge is -2.13. The predicted octanol–water partition coefficient (Wildman–Crippen LogP) is 3.79. The lowest BCUT2D eigenvalue weighted by atomic mass is 10.1. The molecule has 2 N–H and O–H groups in total. The molecule has 4 nitrogen and oxygen atoms in total. The second-order valence-corrected chi connectivity index (χ2v) is 6.06. The molecule has 0 bridgehead atoms. The van der Waals surface area contributed by atoms with Gasteiger partial charge in [-0.3, -0.25) is 4.79 Å². The van der Waals surface area contributed by atoms with Crippen LogP contribution in [0.1, 0.15) is 20.7 Å². The number of carboxylic acid groups (broad SMARTS) is 1. The van der Waals surface area contributed by atoms with Gasteiger partial charge in [-0.25, -0.2) is 4.79 Å². The zero-order valence-corrected chi connectivity index (χ0v) is 14.6. The van der Waals surface area contributed by atoms with Crippen molar-refractivity contribution in [3.8, 4) is 0 Å². The number of carboxylic acids is 1. The van der Waals surface area contributed by atoms with Crippen LogP contribution in [0.4, 0.5) is 0 Å². The molecule has 0 unspecified atom stereocenters. The van der Waals surface area contributed by atoms with Crippen molar-refractivity contribution < 1.29 is 14.7 Å². The van der Waals surface area contributed by atoms with Gasteiger partial charge in [-0.05, 0) is 63.7 Å². The number of hydrogen-bond acceptors (Lipinski definition) is 2. The molecule has 1 aromatic rings. The average molecular weight is 495 g/mol. The Morgan fingerprint density at radius 3 is 1.71 bits per heavy atom. The fraction of sp³-hybridized carbons (Fsp3) is 0.111. The third kappa shape index (κ3) is 2.74. The standard InChI is InChI=1S/C9H5Br4NO3/c1-14-8(15)2-3(9(16)17)5(11)7(13)6(12)4(2)10/h1H3,(H,14,15)(H,16,17). The molecular formula is C9H5Br4NO3. The van der Waals surface area contributed by atoms with Crippen molar-refractivity contribution in [2.75, 3.05) is 7.05 Å². The van der Waals surface area contributed by atoms with E-state index < -0.39 is 11.9 Å². The lowest BCUT2D eigenvalue weighted by molar-refractivity contribution is 0.0690. The molecule has 0 aliphatic rings. The van der Waals surface area contributed by atoms with Gasteiger partial charge in [0.05, 0.1) is 11.1 Å². The number of hydrogen-bond donors (Lipinski definition) is 2. The fourth-order valence-corrected chi connectivity index (χ4v) is 3.64. The summed E-state index contributed by atoms with van der Waals surface area (Å²) in [5.74, 6) is -1.67. The lowest BCUT2D eigenvalue weighted by Crippen LogP contribution is -2.22. The summed E-state index contributed by atoms with van der Waals surface area (Å²) < 4.78 is 1.77. The molecule has 0 aromatic heterocycles. The topological polar surface area (TPSA) is 66.4 Å². The van der Waals surface area contributed by atoms with Gasteiger partial charge >= 0.3 is 5.97 Å². The predicted molar refractivity (Wildman–Crippen MR) is 77.6 cm³/mol. The van der Waals surface area contributed by atoms with Crippen LogP contribution < -0.4 is 5.32 Å². The van der Waals surface area contributed by atoms with E-state index in [-0.39, 0.29) is 11.1 Å². The highest BCUT2D eigenvalue weighted by atomic mass is 79.9. The van der Waals surface area contributed by atoms with Crippen LogP contribution in [-0.4, -0.2) is 24.0 Å². The number of amides is 1. The molecule has 0 spiro atoms. The summed E-state index contributed by atoms with van der Waals surface area (Å²) in [6, 6.07) is 0. The molecule has 0 saturated heterocycles. The van der Waals surface area contributed by atoms with Gasteiger partial charge < -0.3 is 10.4 Å². The highest BCUT2D eigenvalue weighted by molar-refractivity contribution is 9.15. The molecule has 1 rings (SSSR count). The minimum Gasteiger partial charge on any atom is -0.478 e. The van der Waals surface area contributed by atoms with Gasteiger partial charge in [0.1, 0.15) is 0 Å². The van der Waals surface area contributed by atoms with Crippen LogP contribution in [0.2, 0.25) is 0 Å². The number of benzene rings is 1. The number of aromatic carboxylic acids is 1. The van der Waals surface area contributed by atoms with Crippen molar-refractivity contribution in [1.29, 1.82) is 0 Å². The molecule has 8 heteroatoms. The number of rotatable bonds is 2. The van der Waals surface area contributed by atoms with Crippen molar-refractivity contribution in [2.45, 2.75) is 0 Å². The first-order valence-corrected chi connectivity index (χ1v) is 7.31. The van der Waals surface area contributed by atoms with Gasteiger partial charge in [0, 0.05) is 24.9 Å². The summed E-state index contributed by atoms with van der Waals surface area (Å²) in [6.45, 7) is 0. The molecule has 0 aliphatic heterocycles. The van der Waals surface area contributed by atoms with Gasteiger partial charge in [0.25, 0.3) is 5.91 Å². The van der Waals surface area contributed by atoms with Crippen molar-refractivity contribution >= 4 is 75.6 Å². The van der Waals surface area contributed by atoms with E-state index >= 15 is 0 Å². The Hall–Kier alpha value is 0.0800. The first-order valence-electron chi connectivity index (χ1n) is 4.14. The summed E-state index contributed by atoms with van der Waals surface area (Å²) in [6.07, 6.45) is 0. The Morgan fingerprint density at radius 1 is 0.941 bits per heavy atom. The maximum atomic E-state index is 11.7. The van der Waals surface area contributed by atoms with Gasteiger partial charge in [-0.15, -0.1) is 0 Å². The quantitative estimate of drug-likeness (QED) is 0.486. The van der Waals surface area contributed by atoms with E-state index in [1.807, 2.05) is 0 Å². The van der Waals surface area contributed by atoms with Gasteiger partial charge in [0.2, 0.25) is 0 Å². The molecule has 0 saturated carbocycles. The van der Waals surface area contributed by atoms with E-state index in [1.54, 1.807) is 0 Å². The van der Waals surface area contributed by atoms with Gasteiger partial charge in [-0.2, -0.15) is 0 Å². The van der Waals surface area contributed by atoms with E-state index in [1.165, 1.54) is 7.05 Å². The zero-order chi connectivity index (χ0) is 13.3. The van der Waals surface area contributed by atoms with Crippen LogP contribution in [0.3, 0.4) is 0 Å². The molecule has 0 radical (unpaired) electrons. The molecular weight excluding hydrogens is 490 g/mol. The minimum atomic E-state index is -1.19. The maximum absolute atomic E-state index is 11.7. The number of carbonyl (C=O) groups excluding carboxylic acids is 1. The summed E-state index contributed by atoms with van der Waals surface area (Å²) in [5.41, 5.74) is -0.0479. The number of nitrogens with one attached hydrogen (secondary N) is 1. The Kier molecular flexibility index (Phi) is 5.18. The third-order valence-corrected chi connectivity index (χ3v) is 6.70. The van der Waals surface area contributed by atoms with E-state index in [9.17, 15) is 9.59 Å². The van der Waals surface area contributed by atoms with E-state index in [4.69, 9.17) is 5.11 Å². The molecule has 92 valence electrons. The number of halogens is 4. The van der Waals surface area contributed by atoms with E-state index in [0.717, 1.165) is 0 Å². The van der Waals surface area contributed by atoms with Crippen LogP contribution in [0.5, 0.6) is 0 Å². The minimum absolute atomic E-state index is 0.0574. The monoisotopic (exact) mass is 491 g/mol. The van der Waals surface area contributed by atoms with Gasteiger partial charge in [0.15, 0.2) is 0 Å². The first kappa shape index (κ1) is 15.1. The normalized spacial score (nSPS) is 10.2. The van der Waals surface area contributed by atoms with Gasteiger partial charge in [-0.1, -0.05) is 0 Å². The van der Waals surface area contributed by atoms with Crippen LogP contribution in [0.25, 0.3) is 0 Å². The zero-order valence-electron chi connectivity index (χ0n) is 8.28. The maximum Gasteiger partial charge on any atom is 0.337 e. The molecule has 0 aliphatic carbocycles. The van der Waals surface area contributed by atoms with Crippen LogP contribution >= 0.6 is 63.7 Å². The summed E-state index contributed by atoms with van der Waals surface area (Å²) >= 11 is 12.9.